The molecule has 1 saturated carbocycles. The van der Waals surface area contributed by atoms with E-state index in [0.717, 1.165) is 63.5 Å². The van der Waals surface area contributed by atoms with Gasteiger partial charge in [0.15, 0.2) is 0 Å². The molecule has 0 aromatic rings. The average Bonchev–Trinajstić information content (AvgIpc) is 3.52. The van der Waals surface area contributed by atoms with Crippen molar-refractivity contribution < 1.29 is 24.0 Å². The Bertz CT molecular complexity index is 897. The molecule has 1 aliphatic carbocycles. The number of carbonyl (C=O) groups is 5. The smallest absolute Gasteiger partial charge is 0.315 e. The summed E-state index contributed by atoms with van der Waals surface area (Å²) in [5, 5.41) is 11.9. The van der Waals surface area contributed by atoms with Gasteiger partial charge < -0.3 is 21.3 Å². The monoisotopic (exact) mass is 567 g/mol. The van der Waals surface area contributed by atoms with Gasteiger partial charge in [-0.05, 0) is 57.3 Å². The van der Waals surface area contributed by atoms with E-state index in [-0.39, 0.29) is 60.0 Å². The van der Waals surface area contributed by atoms with Crippen LogP contribution in [-0.2, 0) is 19.2 Å². The number of rotatable bonds is 13. The third kappa shape index (κ3) is 7.80. The zero-order valence-corrected chi connectivity index (χ0v) is 23.6. The van der Waals surface area contributed by atoms with E-state index in [9.17, 15) is 24.0 Å². The second-order valence-electron chi connectivity index (χ2n) is 11.0. The number of urea groups is 1. The van der Waals surface area contributed by atoms with Crippen molar-refractivity contribution in [3.63, 3.8) is 0 Å². The number of thiol groups is 1. The van der Waals surface area contributed by atoms with E-state index in [1.54, 1.807) is 0 Å². The Morgan fingerprint density at radius 2 is 1.71 bits per heavy atom. The second kappa shape index (κ2) is 13.9. The SMILES string of the molecule is O=C(CCCCC1SC[C@@H]2NC(=O)N[C@H]12)NCCCCNC(=O)C1CCC(CN2C(=O)CC(S)C2=O)CC1. The number of thioether (sulfide) groups is 1. The van der Waals surface area contributed by atoms with Crippen LogP contribution >= 0.6 is 24.4 Å². The van der Waals surface area contributed by atoms with Gasteiger partial charge in [0, 0.05) is 49.4 Å². The number of unbranched alkanes of at least 4 members (excludes halogenated alkanes) is 2. The quantitative estimate of drug-likeness (QED) is 0.0993. The van der Waals surface area contributed by atoms with Crippen LogP contribution in [0.15, 0.2) is 0 Å². The molecule has 3 aliphatic heterocycles. The van der Waals surface area contributed by atoms with Crippen molar-refractivity contribution in [3.8, 4) is 0 Å². The fraction of sp³-hybridized carbons (Fsp3) is 0.808. The zero-order valence-electron chi connectivity index (χ0n) is 21.9. The molecule has 212 valence electrons. The summed E-state index contributed by atoms with van der Waals surface area (Å²) in [6.07, 6.45) is 8.40. The Morgan fingerprint density at radius 1 is 0.974 bits per heavy atom. The molecule has 4 fully saturated rings. The zero-order chi connectivity index (χ0) is 27.1. The summed E-state index contributed by atoms with van der Waals surface area (Å²) < 4.78 is 0. The van der Waals surface area contributed by atoms with Gasteiger partial charge in [0.2, 0.25) is 23.6 Å². The molecule has 3 saturated heterocycles. The van der Waals surface area contributed by atoms with Crippen molar-refractivity contribution in [3.05, 3.63) is 0 Å². The molecule has 0 bridgehead atoms. The molecule has 4 rings (SSSR count). The molecular formula is C26H41N5O5S2. The summed E-state index contributed by atoms with van der Waals surface area (Å²) in [6.45, 7) is 1.66. The van der Waals surface area contributed by atoms with Gasteiger partial charge in [0.25, 0.3) is 0 Å². The van der Waals surface area contributed by atoms with Gasteiger partial charge in [0.05, 0.1) is 17.3 Å². The highest BCUT2D eigenvalue weighted by atomic mass is 32.2. The third-order valence-corrected chi connectivity index (χ3v) is 10.1. The minimum Gasteiger partial charge on any atom is -0.356 e. The lowest BCUT2D eigenvalue weighted by Gasteiger charge is -2.30. The molecule has 4 N–H and O–H groups in total. The molecule has 38 heavy (non-hydrogen) atoms. The Hall–Kier alpha value is -1.95. The van der Waals surface area contributed by atoms with Crippen molar-refractivity contribution in [2.45, 2.75) is 93.2 Å². The highest BCUT2D eigenvalue weighted by Gasteiger charge is 2.42. The minimum atomic E-state index is -0.505. The average molecular weight is 568 g/mol. The van der Waals surface area contributed by atoms with E-state index in [0.29, 0.717) is 31.3 Å². The van der Waals surface area contributed by atoms with Crippen LogP contribution in [0.1, 0.15) is 70.6 Å². The molecule has 6 amide bonds. The van der Waals surface area contributed by atoms with Crippen LogP contribution in [-0.4, -0.2) is 82.5 Å². The van der Waals surface area contributed by atoms with E-state index in [2.05, 4.69) is 33.9 Å². The Kier molecular flexibility index (Phi) is 10.6. The number of fused-ring (bicyclic) bond motifs is 1. The molecule has 0 aromatic heterocycles. The summed E-state index contributed by atoms with van der Waals surface area (Å²) in [6, 6.07) is 0.400. The lowest BCUT2D eigenvalue weighted by molar-refractivity contribution is -0.139. The number of hydrogen-bond acceptors (Lipinski definition) is 7. The van der Waals surface area contributed by atoms with E-state index < -0.39 is 5.25 Å². The van der Waals surface area contributed by atoms with Gasteiger partial charge in [-0.3, -0.25) is 24.1 Å². The largest absolute Gasteiger partial charge is 0.356 e. The summed E-state index contributed by atoms with van der Waals surface area (Å²) in [5.41, 5.74) is 0. The van der Waals surface area contributed by atoms with Gasteiger partial charge in [-0.1, -0.05) is 6.42 Å². The number of imide groups is 1. The molecule has 0 radical (unpaired) electrons. The van der Waals surface area contributed by atoms with E-state index >= 15 is 0 Å². The summed E-state index contributed by atoms with van der Waals surface area (Å²) in [4.78, 5) is 61.5. The first kappa shape index (κ1) is 29.0. The Morgan fingerprint density at radius 3 is 2.42 bits per heavy atom. The predicted octanol–water partition coefficient (Wildman–Crippen LogP) is 1.59. The summed E-state index contributed by atoms with van der Waals surface area (Å²) >= 11 is 6.07. The molecular weight excluding hydrogens is 526 g/mol. The number of carbonyl (C=O) groups excluding carboxylic acids is 5. The predicted molar refractivity (Wildman–Crippen MR) is 149 cm³/mol. The standard InChI is InChI=1S/C26H41N5O5S2/c32-21(6-2-1-5-20-23-18(15-38-20)29-26(36)30-23)27-11-3-4-12-28-24(34)17-9-7-16(8-10-17)14-31-22(33)13-19(37)25(31)35/h16-20,23,37H,1-15H2,(H,27,32)(H,28,34)(H2,29,30,36)/t16?,17?,18-,19?,20?,23-/m0/s1. The van der Waals surface area contributed by atoms with Crippen molar-refractivity contribution in [2.75, 3.05) is 25.4 Å². The van der Waals surface area contributed by atoms with E-state index in [1.807, 2.05) is 11.8 Å². The van der Waals surface area contributed by atoms with Crippen LogP contribution < -0.4 is 21.3 Å². The maximum absolute atomic E-state index is 12.5. The Balaban J connectivity index is 0.975. The van der Waals surface area contributed by atoms with Crippen molar-refractivity contribution in [1.29, 1.82) is 0 Å². The highest BCUT2D eigenvalue weighted by Crippen LogP contribution is 2.33. The number of amides is 6. The van der Waals surface area contributed by atoms with Gasteiger partial charge in [-0.15, -0.1) is 0 Å². The van der Waals surface area contributed by atoms with Crippen LogP contribution in [0.4, 0.5) is 4.79 Å². The van der Waals surface area contributed by atoms with Crippen LogP contribution in [0.5, 0.6) is 0 Å². The molecule has 12 heteroatoms. The van der Waals surface area contributed by atoms with Crippen molar-refractivity contribution in [1.82, 2.24) is 26.2 Å². The van der Waals surface area contributed by atoms with Crippen LogP contribution in [0.3, 0.4) is 0 Å². The second-order valence-corrected chi connectivity index (χ2v) is 12.9. The molecule has 0 aromatic carbocycles. The van der Waals surface area contributed by atoms with Gasteiger partial charge in [0.1, 0.15) is 0 Å². The first-order chi connectivity index (χ1) is 18.3. The van der Waals surface area contributed by atoms with Gasteiger partial charge in [-0.2, -0.15) is 24.4 Å². The molecule has 4 aliphatic rings. The highest BCUT2D eigenvalue weighted by molar-refractivity contribution is 8.00. The first-order valence-corrected chi connectivity index (χ1v) is 15.6. The van der Waals surface area contributed by atoms with Crippen molar-refractivity contribution in [2.24, 2.45) is 11.8 Å². The number of likely N-dealkylation sites (tertiary alicyclic amines) is 1. The molecule has 4 atom stereocenters. The van der Waals surface area contributed by atoms with Crippen LogP contribution in [0.2, 0.25) is 0 Å². The maximum atomic E-state index is 12.5. The van der Waals surface area contributed by atoms with Gasteiger partial charge >= 0.3 is 6.03 Å². The first-order valence-electron chi connectivity index (χ1n) is 14.1. The lowest BCUT2D eigenvalue weighted by atomic mass is 9.81. The third-order valence-electron chi connectivity index (χ3n) is 8.18. The van der Waals surface area contributed by atoms with Crippen LogP contribution in [0.25, 0.3) is 0 Å². The summed E-state index contributed by atoms with van der Waals surface area (Å²) in [5.74, 6) is 1.03. The fourth-order valence-electron chi connectivity index (χ4n) is 5.92. The van der Waals surface area contributed by atoms with Crippen LogP contribution in [0, 0.1) is 11.8 Å². The number of hydrogen-bond donors (Lipinski definition) is 5. The fourth-order valence-corrected chi connectivity index (χ4v) is 7.76. The van der Waals surface area contributed by atoms with E-state index in [1.165, 1.54) is 4.90 Å². The molecule has 3 heterocycles. The number of nitrogens with zero attached hydrogens (tertiary/aromatic N) is 1. The van der Waals surface area contributed by atoms with Crippen molar-refractivity contribution >= 4 is 54.1 Å². The molecule has 10 nitrogen and oxygen atoms in total. The molecule has 0 spiro atoms. The Labute approximate surface area is 234 Å². The normalized spacial score (nSPS) is 30.7. The number of nitrogens with one attached hydrogen (secondary N) is 4. The maximum Gasteiger partial charge on any atom is 0.315 e. The van der Waals surface area contributed by atoms with E-state index in [4.69, 9.17) is 0 Å². The van der Waals surface area contributed by atoms with Gasteiger partial charge in [-0.25, -0.2) is 4.79 Å². The summed E-state index contributed by atoms with van der Waals surface area (Å²) in [7, 11) is 0. The lowest BCUT2D eigenvalue weighted by Crippen LogP contribution is -2.39. The molecule has 2 unspecified atom stereocenters. The topological polar surface area (TPSA) is 137 Å². The minimum absolute atomic E-state index is 0.0109.